The topological polar surface area (TPSA) is 46.5 Å². The highest BCUT2D eigenvalue weighted by molar-refractivity contribution is 5.72. The van der Waals surface area contributed by atoms with E-state index < -0.39 is 0 Å². The normalized spacial score (nSPS) is 12.1. The Hall–Kier alpha value is -1.35. The number of aryl methyl sites for hydroxylation is 1. The molecule has 208 valence electrons. The fourth-order valence-corrected chi connectivity index (χ4v) is 4.89. The summed E-state index contributed by atoms with van der Waals surface area (Å²) >= 11 is 0. The monoisotopic (exact) mass is 502 g/mol. The van der Waals surface area contributed by atoms with E-state index >= 15 is 0 Å². The molecular formula is C33H58O3. The number of hydrogen-bond donors (Lipinski definition) is 1. The smallest absolute Gasteiger partial charge is 0.311 e. The molecule has 0 saturated carbocycles. The average molecular weight is 503 g/mol. The van der Waals surface area contributed by atoms with Crippen LogP contribution < -0.4 is 4.74 Å². The van der Waals surface area contributed by atoms with Crippen molar-refractivity contribution in [2.24, 2.45) is 0 Å². The van der Waals surface area contributed by atoms with Crippen molar-refractivity contribution < 1.29 is 14.6 Å². The van der Waals surface area contributed by atoms with Crippen LogP contribution in [0.3, 0.4) is 0 Å². The van der Waals surface area contributed by atoms with Crippen molar-refractivity contribution in [2.75, 3.05) is 0 Å². The van der Waals surface area contributed by atoms with E-state index in [1.165, 1.54) is 121 Å². The first-order chi connectivity index (χ1) is 17.6. The van der Waals surface area contributed by atoms with Gasteiger partial charge >= 0.3 is 5.97 Å². The number of carbonyl (C=O) groups excluding carboxylic acids is 1. The minimum Gasteiger partial charge on any atom is -0.427 e. The van der Waals surface area contributed by atoms with Crippen molar-refractivity contribution in [1.29, 1.82) is 0 Å². The summed E-state index contributed by atoms with van der Waals surface area (Å²) in [6, 6.07) is 8.12. The van der Waals surface area contributed by atoms with E-state index in [9.17, 15) is 9.90 Å². The van der Waals surface area contributed by atoms with Crippen LogP contribution in [0.1, 0.15) is 161 Å². The highest BCUT2D eigenvalue weighted by Crippen LogP contribution is 2.18. The molecule has 0 aliphatic carbocycles. The van der Waals surface area contributed by atoms with Gasteiger partial charge in [-0.15, -0.1) is 0 Å². The van der Waals surface area contributed by atoms with Crippen molar-refractivity contribution in [3.8, 4) is 5.75 Å². The quantitative estimate of drug-likeness (QED) is 0.0821. The molecule has 0 saturated heterocycles. The van der Waals surface area contributed by atoms with Gasteiger partial charge in [-0.2, -0.15) is 0 Å². The zero-order valence-corrected chi connectivity index (χ0v) is 23.9. The zero-order chi connectivity index (χ0) is 26.1. The van der Waals surface area contributed by atoms with Crippen LogP contribution in [0.5, 0.6) is 5.75 Å². The van der Waals surface area contributed by atoms with E-state index in [-0.39, 0.29) is 12.1 Å². The van der Waals surface area contributed by atoms with Crippen molar-refractivity contribution in [3.63, 3.8) is 0 Å². The number of rotatable bonds is 25. The summed E-state index contributed by atoms with van der Waals surface area (Å²) in [7, 11) is 0. The Morgan fingerprint density at radius 1 is 0.722 bits per heavy atom. The van der Waals surface area contributed by atoms with Gasteiger partial charge in [-0.05, 0) is 50.3 Å². The lowest BCUT2D eigenvalue weighted by Crippen LogP contribution is -2.07. The van der Waals surface area contributed by atoms with Crippen molar-refractivity contribution in [2.45, 2.75) is 168 Å². The minimum absolute atomic E-state index is 0.0889. The molecule has 1 atom stereocenters. The predicted octanol–water partition coefficient (Wildman–Crippen LogP) is 10.1. The van der Waals surface area contributed by atoms with E-state index in [4.69, 9.17) is 4.74 Å². The largest absolute Gasteiger partial charge is 0.427 e. The summed E-state index contributed by atoms with van der Waals surface area (Å²) < 4.78 is 5.60. The highest BCUT2D eigenvalue weighted by Gasteiger charge is 2.06. The van der Waals surface area contributed by atoms with Crippen LogP contribution in [0.15, 0.2) is 24.3 Å². The summed E-state index contributed by atoms with van der Waals surface area (Å²) in [6.07, 6.45) is 28.1. The first-order valence-corrected chi connectivity index (χ1v) is 15.6. The maximum atomic E-state index is 12.2. The maximum Gasteiger partial charge on any atom is 0.311 e. The van der Waals surface area contributed by atoms with Gasteiger partial charge in [0.05, 0.1) is 6.10 Å². The van der Waals surface area contributed by atoms with E-state index in [1.54, 1.807) is 0 Å². The molecule has 1 unspecified atom stereocenters. The van der Waals surface area contributed by atoms with Gasteiger partial charge in [0, 0.05) is 6.42 Å². The molecule has 0 heterocycles. The lowest BCUT2D eigenvalue weighted by atomic mass is 10.0. The first-order valence-electron chi connectivity index (χ1n) is 15.6. The third kappa shape index (κ3) is 20.8. The van der Waals surface area contributed by atoms with Crippen molar-refractivity contribution in [1.82, 2.24) is 0 Å². The van der Waals surface area contributed by atoms with Gasteiger partial charge in [-0.25, -0.2) is 0 Å². The third-order valence-electron chi connectivity index (χ3n) is 7.20. The van der Waals surface area contributed by atoms with Gasteiger partial charge in [0.15, 0.2) is 0 Å². The summed E-state index contributed by atoms with van der Waals surface area (Å²) in [5.41, 5.74) is 1.28. The molecule has 0 radical (unpaired) electrons. The lowest BCUT2D eigenvalue weighted by Gasteiger charge is -2.07. The molecule has 0 spiro atoms. The number of esters is 1. The first kappa shape index (κ1) is 32.7. The number of aliphatic hydroxyl groups is 1. The Balaban J connectivity index is 1.94. The Labute approximate surface area is 223 Å². The Kier molecular flexibility index (Phi) is 21.8. The molecule has 1 N–H and O–H groups in total. The fourth-order valence-electron chi connectivity index (χ4n) is 4.89. The van der Waals surface area contributed by atoms with Crippen molar-refractivity contribution >= 4 is 5.97 Å². The molecule has 0 aliphatic heterocycles. The van der Waals surface area contributed by atoms with Gasteiger partial charge in [0.2, 0.25) is 0 Å². The second-order valence-corrected chi connectivity index (χ2v) is 11.0. The number of hydrogen-bond acceptors (Lipinski definition) is 3. The van der Waals surface area contributed by atoms with Gasteiger partial charge in [-0.1, -0.05) is 135 Å². The van der Waals surface area contributed by atoms with Crippen LogP contribution in [0, 0.1) is 0 Å². The second-order valence-electron chi connectivity index (χ2n) is 11.0. The number of carbonyl (C=O) groups is 1. The molecule has 1 rings (SSSR count). The molecule has 3 nitrogen and oxygen atoms in total. The van der Waals surface area contributed by atoms with E-state index in [0.29, 0.717) is 12.2 Å². The van der Waals surface area contributed by atoms with Gasteiger partial charge in [-0.3, -0.25) is 4.79 Å². The van der Waals surface area contributed by atoms with E-state index in [0.717, 1.165) is 25.7 Å². The van der Waals surface area contributed by atoms with Crippen molar-refractivity contribution in [3.05, 3.63) is 29.8 Å². The number of aliphatic hydroxyl groups excluding tert-OH is 1. The molecule has 1 aromatic carbocycles. The van der Waals surface area contributed by atoms with Crippen LogP contribution in [0.2, 0.25) is 0 Å². The molecule has 0 fully saturated rings. The summed E-state index contributed by atoms with van der Waals surface area (Å²) in [5, 5.41) is 9.26. The van der Waals surface area contributed by atoms with Gasteiger partial charge < -0.3 is 9.84 Å². The van der Waals surface area contributed by atoms with E-state index in [1.807, 2.05) is 25.1 Å². The van der Waals surface area contributed by atoms with Crippen LogP contribution in [0.4, 0.5) is 0 Å². The second kappa shape index (κ2) is 24.0. The van der Waals surface area contributed by atoms with Gasteiger partial charge in [0.1, 0.15) is 5.75 Å². The summed E-state index contributed by atoms with van der Waals surface area (Å²) in [6.45, 7) is 4.14. The Morgan fingerprint density at radius 2 is 1.22 bits per heavy atom. The highest BCUT2D eigenvalue weighted by atomic mass is 16.5. The third-order valence-corrected chi connectivity index (χ3v) is 7.20. The molecule has 0 bridgehead atoms. The molecule has 3 heteroatoms. The molecule has 0 aliphatic rings. The van der Waals surface area contributed by atoms with Crippen LogP contribution in [0.25, 0.3) is 0 Å². The molecule has 1 aromatic rings. The van der Waals surface area contributed by atoms with E-state index in [2.05, 4.69) is 13.0 Å². The minimum atomic E-state index is -0.133. The molecule has 0 aromatic heterocycles. The molecular weight excluding hydrogens is 444 g/mol. The number of benzene rings is 1. The average Bonchev–Trinajstić information content (AvgIpc) is 2.86. The van der Waals surface area contributed by atoms with Gasteiger partial charge in [0.25, 0.3) is 0 Å². The Morgan fingerprint density at radius 3 is 1.78 bits per heavy atom. The SMILES string of the molecule is CCCCCCCCCc1cccc(OC(=O)CCCCCCCCCCCCCCCC(C)O)c1. The van der Waals surface area contributed by atoms with Crippen LogP contribution in [-0.2, 0) is 11.2 Å². The fraction of sp³-hybridized carbons (Fsp3) is 0.788. The lowest BCUT2D eigenvalue weighted by molar-refractivity contribution is -0.134. The van der Waals surface area contributed by atoms with Crippen LogP contribution in [-0.4, -0.2) is 17.2 Å². The Bertz CT molecular complexity index is 625. The standard InChI is InChI=1S/C33H58O3/c1-3-4-5-6-14-18-21-25-31-26-23-27-32(29-31)36-33(35)28-22-19-16-13-11-9-7-8-10-12-15-17-20-24-30(2)34/h23,26-27,29-30,34H,3-22,24-25,28H2,1-2H3. The molecule has 36 heavy (non-hydrogen) atoms. The number of unbranched alkanes of at least 4 members (excludes halogenated alkanes) is 18. The zero-order valence-electron chi connectivity index (χ0n) is 23.9. The number of ether oxygens (including phenoxy) is 1. The summed E-state index contributed by atoms with van der Waals surface area (Å²) in [4.78, 5) is 12.2. The van der Waals surface area contributed by atoms with Crippen LogP contribution >= 0.6 is 0 Å². The molecule has 0 amide bonds. The predicted molar refractivity (Wildman–Crippen MR) is 155 cm³/mol. The summed E-state index contributed by atoms with van der Waals surface area (Å²) in [5.74, 6) is 0.620. The maximum absolute atomic E-state index is 12.2.